The highest BCUT2D eigenvalue weighted by Gasteiger charge is 2.14. The summed E-state index contributed by atoms with van der Waals surface area (Å²) in [5.74, 6) is 1.23. The molecular weight excluding hydrogens is 284 g/mol. The number of aromatic nitrogens is 3. The van der Waals surface area contributed by atoms with Gasteiger partial charge in [-0.2, -0.15) is 0 Å². The average Bonchev–Trinajstić information content (AvgIpc) is 3.19. The van der Waals surface area contributed by atoms with Crippen LogP contribution in [0.15, 0.2) is 36.8 Å². The number of rotatable bonds is 3. The molecule has 0 saturated heterocycles. The molecule has 1 aliphatic heterocycles. The minimum absolute atomic E-state index is 0.193. The molecule has 0 atom stereocenters. The average molecular weight is 296 g/mol. The maximum absolute atomic E-state index is 12.2. The fourth-order valence-corrected chi connectivity index (χ4v) is 2.29. The molecule has 3 heterocycles. The van der Waals surface area contributed by atoms with Crippen molar-refractivity contribution in [2.45, 2.75) is 6.54 Å². The van der Waals surface area contributed by atoms with E-state index in [9.17, 15) is 4.79 Å². The lowest BCUT2D eigenvalue weighted by Gasteiger charge is -2.06. The number of ether oxygens (including phenoxy) is 2. The zero-order valence-corrected chi connectivity index (χ0v) is 11.5. The van der Waals surface area contributed by atoms with Crippen LogP contribution >= 0.6 is 0 Å². The van der Waals surface area contributed by atoms with Gasteiger partial charge < -0.3 is 19.8 Å². The molecule has 7 nitrogen and oxygen atoms in total. The number of fused-ring (bicyclic) bond motifs is 2. The van der Waals surface area contributed by atoms with Gasteiger partial charge >= 0.3 is 0 Å². The van der Waals surface area contributed by atoms with Crippen LogP contribution in [0.5, 0.6) is 11.5 Å². The molecule has 0 unspecified atom stereocenters. The van der Waals surface area contributed by atoms with Crippen LogP contribution in [0.4, 0.5) is 0 Å². The molecule has 0 aliphatic carbocycles. The molecular formula is C15H12N4O3. The van der Waals surface area contributed by atoms with Gasteiger partial charge in [-0.15, -0.1) is 0 Å². The van der Waals surface area contributed by atoms with Crippen molar-refractivity contribution in [1.29, 1.82) is 0 Å². The number of hydrogen-bond acceptors (Lipinski definition) is 5. The Morgan fingerprint density at radius 2 is 2.14 bits per heavy atom. The van der Waals surface area contributed by atoms with E-state index in [-0.39, 0.29) is 12.7 Å². The van der Waals surface area contributed by atoms with E-state index in [0.717, 1.165) is 16.8 Å². The maximum Gasteiger partial charge on any atom is 0.253 e. The van der Waals surface area contributed by atoms with E-state index in [1.54, 1.807) is 12.4 Å². The number of nitrogens with zero attached hydrogens (tertiary/aromatic N) is 2. The molecule has 4 rings (SSSR count). The zero-order valence-electron chi connectivity index (χ0n) is 11.5. The normalized spacial score (nSPS) is 12.5. The largest absolute Gasteiger partial charge is 0.454 e. The Labute approximate surface area is 125 Å². The van der Waals surface area contributed by atoms with Gasteiger partial charge in [0.25, 0.3) is 5.91 Å². The predicted octanol–water partition coefficient (Wildman–Crippen LogP) is 1.62. The Kier molecular flexibility index (Phi) is 2.89. The first-order valence-corrected chi connectivity index (χ1v) is 6.75. The second kappa shape index (κ2) is 5.03. The number of carbonyl (C=O) groups is 1. The van der Waals surface area contributed by atoms with Gasteiger partial charge in [-0.25, -0.2) is 9.97 Å². The van der Waals surface area contributed by atoms with Crippen LogP contribution in [0.2, 0.25) is 0 Å². The van der Waals surface area contributed by atoms with Crippen LogP contribution in [0.25, 0.3) is 11.2 Å². The molecule has 110 valence electrons. The van der Waals surface area contributed by atoms with Crippen molar-refractivity contribution >= 4 is 17.1 Å². The highest BCUT2D eigenvalue weighted by Crippen LogP contribution is 2.32. The van der Waals surface area contributed by atoms with Crippen LogP contribution in [-0.2, 0) is 6.54 Å². The molecule has 1 aliphatic rings. The number of hydrogen-bond donors (Lipinski definition) is 2. The Morgan fingerprint density at radius 1 is 1.23 bits per heavy atom. The fourth-order valence-electron chi connectivity index (χ4n) is 2.29. The monoisotopic (exact) mass is 296 g/mol. The molecule has 3 aromatic rings. The lowest BCUT2D eigenvalue weighted by atomic mass is 10.2. The van der Waals surface area contributed by atoms with Gasteiger partial charge in [0.05, 0.1) is 17.4 Å². The quantitative estimate of drug-likeness (QED) is 0.766. The summed E-state index contributed by atoms with van der Waals surface area (Å²) in [6.45, 7) is 0.636. The first kappa shape index (κ1) is 12.6. The van der Waals surface area contributed by atoms with Crippen LogP contribution in [0.1, 0.15) is 15.9 Å². The third kappa shape index (κ3) is 2.22. The van der Waals surface area contributed by atoms with E-state index in [4.69, 9.17) is 9.47 Å². The number of nitrogens with one attached hydrogen (secondary N) is 2. The number of amides is 1. The SMILES string of the molecule is O=C(NCc1ccc2c(c1)OCO2)c1cnc2nc[nH]c2c1. The summed E-state index contributed by atoms with van der Waals surface area (Å²) < 4.78 is 10.6. The summed E-state index contributed by atoms with van der Waals surface area (Å²) in [6, 6.07) is 7.31. The van der Waals surface area contributed by atoms with E-state index in [1.165, 1.54) is 6.20 Å². The standard InChI is InChI=1S/C15H12N4O3/c20-15(10-4-11-14(16-6-10)19-7-18-11)17-5-9-1-2-12-13(3-9)22-8-21-12/h1-4,6-7H,5,8H2,(H,17,20)(H,16,18,19). The third-order valence-corrected chi connectivity index (χ3v) is 3.43. The van der Waals surface area contributed by atoms with Gasteiger partial charge in [0.1, 0.15) is 0 Å². The minimum Gasteiger partial charge on any atom is -0.454 e. The lowest BCUT2D eigenvalue weighted by Crippen LogP contribution is -2.22. The summed E-state index contributed by atoms with van der Waals surface area (Å²) in [4.78, 5) is 23.3. The number of imidazole rings is 1. The number of benzene rings is 1. The van der Waals surface area contributed by atoms with Crippen molar-refractivity contribution in [3.05, 3.63) is 47.9 Å². The zero-order chi connectivity index (χ0) is 14.9. The lowest BCUT2D eigenvalue weighted by molar-refractivity contribution is 0.0950. The van der Waals surface area contributed by atoms with Crippen LogP contribution in [-0.4, -0.2) is 27.7 Å². The van der Waals surface area contributed by atoms with E-state index < -0.39 is 0 Å². The second-order valence-electron chi connectivity index (χ2n) is 4.87. The van der Waals surface area contributed by atoms with Crippen LogP contribution in [0, 0.1) is 0 Å². The van der Waals surface area contributed by atoms with Gasteiger partial charge in [-0.3, -0.25) is 4.79 Å². The molecule has 0 saturated carbocycles. The first-order valence-electron chi connectivity index (χ1n) is 6.75. The van der Waals surface area contributed by atoms with Gasteiger partial charge in [-0.05, 0) is 23.8 Å². The minimum atomic E-state index is -0.193. The second-order valence-corrected chi connectivity index (χ2v) is 4.87. The molecule has 2 N–H and O–H groups in total. The Hall–Kier alpha value is -3.09. The highest BCUT2D eigenvalue weighted by molar-refractivity contribution is 5.96. The van der Waals surface area contributed by atoms with Gasteiger partial charge in [-0.1, -0.05) is 6.07 Å². The summed E-state index contributed by atoms with van der Waals surface area (Å²) >= 11 is 0. The van der Waals surface area contributed by atoms with Crippen molar-refractivity contribution in [1.82, 2.24) is 20.3 Å². The van der Waals surface area contributed by atoms with Crippen LogP contribution in [0.3, 0.4) is 0 Å². The molecule has 0 spiro atoms. The first-order chi connectivity index (χ1) is 10.8. The Bertz CT molecular complexity index is 859. The summed E-state index contributed by atoms with van der Waals surface area (Å²) in [6.07, 6.45) is 3.06. The summed E-state index contributed by atoms with van der Waals surface area (Å²) in [5, 5.41) is 2.85. The van der Waals surface area contributed by atoms with E-state index >= 15 is 0 Å². The smallest absolute Gasteiger partial charge is 0.253 e. The van der Waals surface area contributed by atoms with Crippen molar-refractivity contribution in [2.75, 3.05) is 6.79 Å². The van der Waals surface area contributed by atoms with Crippen molar-refractivity contribution in [2.24, 2.45) is 0 Å². The number of H-pyrrole nitrogens is 1. The number of carbonyl (C=O) groups excluding carboxylic acids is 1. The molecule has 7 heteroatoms. The Balaban J connectivity index is 1.47. The molecule has 22 heavy (non-hydrogen) atoms. The third-order valence-electron chi connectivity index (χ3n) is 3.43. The van der Waals surface area contributed by atoms with Gasteiger partial charge in [0.15, 0.2) is 17.1 Å². The van der Waals surface area contributed by atoms with Crippen molar-refractivity contribution in [3.63, 3.8) is 0 Å². The number of aromatic amines is 1. The molecule has 1 aromatic carbocycles. The van der Waals surface area contributed by atoms with E-state index in [2.05, 4.69) is 20.3 Å². The topological polar surface area (TPSA) is 89.1 Å². The summed E-state index contributed by atoms with van der Waals surface area (Å²) in [7, 11) is 0. The molecule has 1 amide bonds. The van der Waals surface area contributed by atoms with E-state index in [1.807, 2.05) is 18.2 Å². The summed E-state index contributed by atoms with van der Waals surface area (Å²) in [5.41, 5.74) is 2.74. The number of pyridine rings is 1. The van der Waals surface area contributed by atoms with E-state index in [0.29, 0.717) is 23.5 Å². The molecule has 0 fully saturated rings. The highest BCUT2D eigenvalue weighted by atomic mass is 16.7. The van der Waals surface area contributed by atoms with Crippen molar-refractivity contribution in [3.8, 4) is 11.5 Å². The Morgan fingerprint density at radius 3 is 3.09 bits per heavy atom. The fraction of sp³-hybridized carbons (Fsp3) is 0.133. The van der Waals surface area contributed by atoms with Gasteiger partial charge in [0, 0.05) is 12.7 Å². The van der Waals surface area contributed by atoms with Crippen molar-refractivity contribution < 1.29 is 14.3 Å². The molecule has 0 bridgehead atoms. The molecule has 0 radical (unpaired) electrons. The van der Waals surface area contributed by atoms with Crippen LogP contribution < -0.4 is 14.8 Å². The maximum atomic E-state index is 12.2. The van der Waals surface area contributed by atoms with Gasteiger partial charge in [0.2, 0.25) is 6.79 Å². The predicted molar refractivity (Wildman–Crippen MR) is 77.6 cm³/mol. The molecule has 2 aromatic heterocycles.